The van der Waals surface area contributed by atoms with Crippen LogP contribution in [0.3, 0.4) is 0 Å². The number of aryl methyl sites for hydroxylation is 1. The predicted octanol–water partition coefficient (Wildman–Crippen LogP) is 5.01. The Morgan fingerprint density at radius 3 is 2.61 bits per heavy atom. The maximum Gasteiger partial charge on any atom is 0.310 e. The van der Waals surface area contributed by atoms with Crippen molar-refractivity contribution in [3.63, 3.8) is 0 Å². The number of thiazole rings is 1. The minimum Gasteiger partial charge on any atom is -0.466 e. The first-order chi connectivity index (χ1) is 15.0. The molecule has 0 bridgehead atoms. The highest BCUT2D eigenvalue weighted by Crippen LogP contribution is 2.30. The van der Waals surface area contributed by atoms with Gasteiger partial charge in [-0.1, -0.05) is 35.1 Å². The monoisotopic (exact) mass is 433 g/mol. The second-order valence-corrected chi connectivity index (χ2v) is 8.04. The van der Waals surface area contributed by atoms with E-state index in [0.29, 0.717) is 17.6 Å². The zero-order valence-corrected chi connectivity index (χ0v) is 18.4. The summed E-state index contributed by atoms with van der Waals surface area (Å²) < 4.78 is 4.96. The molecule has 4 rings (SSSR count). The van der Waals surface area contributed by atoms with Gasteiger partial charge in [-0.2, -0.15) is 0 Å². The van der Waals surface area contributed by atoms with Gasteiger partial charge in [0.15, 0.2) is 5.13 Å². The van der Waals surface area contributed by atoms with E-state index in [1.54, 1.807) is 13.1 Å². The third-order valence-corrected chi connectivity index (χ3v) is 5.60. The molecule has 0 saturated heterocycles. The number of rotatable bonds is 7. The van der Waals surface area contributed by atoms with Crippen LogP contribution in [0, 0.1) is 6.92 Å². The summed E-state index contributed by atoms with van der Waals surface area (Å²) in [5.74, 6) is 1.25. The normalized spacial score (nSPS) is 10.8. The van der Waals surface area contributed by atoms with E-state index in [1.807, 2.05) is 31.3 Å². The molecule has 0 aliphatic heterocycles. The number of fused-ring (bicyclic) bond motifs is 1. The molecule has 3 heterocycles. The lowest BCUT2D eigenvalue weighted by Crippen LogP contribution is -2.10. The zero-order chi connectivity index (χ0) is 21.8. The number of hydrogen-bond donors (Lipinski definition) is 1. The Kier molecular flexibility index (Phi) is 6.08. The van der Waals surface area contributed by atoms with Gasteiger partial charge in [0.2, 0.25) is 0 Å². The number of anilines is 4. The van der Waals surface area contributed by atoms with Crippen LogP contribution in [-0.4, -0.2) is 34.6 Å². The number of carbonyl (C=O) groups excluding carboxylic acids is 1. The molecule has 4 aromatic rings. The van der Waals surface area contributed by atoms with E-state index in [0.717, 1.165) is 27.4 Å². The van der Waals surface area contributed by atoms with E-state index in [4.69, 9.17) is 9.72 Å². The first-order valence-electron chi connectivity index (χ1n) is 9.97. The summed E-state index contributed by atoms with van der Waals surface area (Å²) >= 11 is 1.47. The lowest BCUT2D eigenvalue weighted by Gasteiger charge is -2.18. The number of benzene rings is 1. The number of ether oxygens (including phenoxy) is 1. The van der Waals surface area contributed by atoms with Gasteiger partial charge in [-0.3, -0.25) is 4.79 Å². The van der Waals surface area contributed by atoms with Gasteiger partial charge in [-0.05, 0) is 49.7 Å². The average molecular weight is 434 g/mol. The van der Waals surface area contributed by atoms with E-state index in [-0.39, 0.29) is 12.4 Å². The molecule has 1 aromatic carbocycles. The van der Waals surface area contributed by atoms with Gasteiger partial charge in [0, 0.05) is 18.9 Å². The second-order valence-electron chi connectivity index (χ2n) is 7.07. The first-order valence-corrected chi connectivity index (χ1v) is 10.8. The van der Waals surface area contributed by atoms with Gasteiger partial charge in [-0.25, -0.2) is 15.0 Å². The molecule has 0 aliphatic carbocycles. The molecule has 0 amide bonds. The third-order valence-electron chi connectivity index (χ3n) is 4.72. The van der Waals surface area contributed by atoms with Gasteiger partial charge in [0.05, 0.1) is 13.0 Å². The fourth-order valence-corrected chi connectivity index (χ4v) is 3.88. The molecule has 1 N–H and O–H groups in total. The van der Waals surface area contributed by atoms with Crippen molar-refractivity contribution in [3.8, 4) is 0 Å². The minimum atomic E-state index is -0.256. The largest absolute Gasteiger partial charge is 0.466 e. The van der Waals surface area contributed by atoms with E-state index in [2.05, 4.69) is 51.4 Å². The molecule has 0 fully saturated rings. The standard InChI is InChI=1S/C23H23N5O2S/c1-4-30-21(29)13-16-7-11-19(24-14-16)26-23-25-18-10-12-20(27-22(18)31-23)28(3)17-8-5-15(2)6-9-17/h5-12,14H,4,13H2,1-3H3,(H,24,25,26). The van der Waals surface area contributed by atoms with E-state index in [9.17, 15) is 4.79 Å². The van der Waals surface area contributed by atoms with Crippen LogP contribution < -0.4 is 10.2 Å². The van der Waals surface area contributed by atoms with Crippen molar-refractivity contribution in [1.82, 2.24) is 15.0 Å². The minimum absolute atomic E-state index is 0.212. The third kappa shape index (κ3) is 4.97. The molecule has 0 atom stereocenters. The average Bonchev–Trinajstić information content (AvgIpc) is 3.17. The van der Waals surface area contributed by atoms with E-state index in [1.165, 1.54) is 16.9 Å². The lowest BCUT2D eigenvalue weighted by atomic mass is 10.2. The fraction of sp³-hybridized carbons (Fsp3) is 0.217. The van der Waals surface area contributed by atoms with Crippen LogP contribution in [0.2, 0.25) is 0 Å². The van der Waals surface area contributed by atoms with E-state index < -0.39 is 0 Å². The van der Waals surface area contributed by atoms with Crippen molar-refractivity contribution in [2.45, 2.75) is 20.3 Å². The Morgan fingerprint density at radius 1 is 1.10 bits per heavy atom. The molecule has 0 aliphatic rings. The smallest absolute Gasteiger partial charge is 0.310 e. The molecule has 3 aromatic heterocycles. The zero-order valence-electron chi connectivity index (χ0n) is 17.6. The number of nitrogens with one attached hydrogen (secondary N) is 1. The van der Waals surface area contributed by atoms with Crippen LogP contribution in [0.1, 0.15) is 18.1 Å². The number of aromatic nitrogens is 3. The van der Waals surface area contributed by atoms with Crippen molar-refractivity contribution < 1.29 is 9.53 Å². The molecule has 8 heteroatoms. The van der Waals surface area contributed by atoms with Gasteiger partial charge in [0.25, 0.3) is 0 Å². The number of esters is 1. The maximum absolute atomic E-state index is 11.6. The van der Waals surface area contributed by atoms with Crippen molar-refractivity contribution in [2.75, 3.05) is 23.9 Å². The summed E-state index contributed by atoms with van der Waals surface area (Å²) in [6.45, 7) is 4.24. The molecular weight excluding hydrogens is 410 g/mol. The molecule has 7 nitrogen and oxygen atoms in total. The van der Waals surface area contributed by atoms with Crippen LogP contribution >= 0.6 is 11.3 Å². The Balaban J connectivity index is 1.48. The van der Waals surface area contributed by atoms with Crippen LogP contribution in [-0.2, 0) is 16.0 Å². The predicted molar refractivity (Wildman–Crippen MR) is 125 cm³/mol. The molecule has 31 heavy (non-hydrogen) atoms. The number of nitrogens with zero attached hydrogens (tertiary/aromatic N) is 4. The van der Waals surface area contributed by atoms with Crippen LogP contribution in [0.15, 0.2) is 54.7 Å². The van der Waals surface area contributed by atoms with Gasteiger partial charge in [0.1, 0.15) is 22.0 Å². The highest BCUT2D eigenvalue weighted by molar-refractivity contribution is 7.21. The molecule has 0 unspecified atom stereocenters. The SMILES string of the molecule is CCOC(=O)Cc1ccc(Nc2nc3ccc(N(C)c4ccc(C)cc4)nc3s2)nc1. The summed E-state index contributed by atoms with van der Waals surface area (Å²) in [6, 6.07) is 16.0. The molecule has 0 saturated carbocycles. The lowest BCUT2D eigenvalue weighted by molar-refractivity contribution is -0.142. The summed E-state index contributed by atoms with van der Waals surface area (Å²) in [5, 5.41) is 3.92. The Bertz CT molecular complexity index is 1190. The van der Waals surface area contributed by atoms with Crippen molar-refractivity contribution in [3.05, 3.63) is 65.9 Å². The Hall–Kier alpha value is -3.52. The summed E-state index contributed by atoms with van der Waals surface area (Å²) in [5.41, 5.74) is 3.93. The summed E-state index contributed by atoms with van der Waals surface area (Å²) in [6.07, 6.45) is 1.88. The van der Waals surface area contributed by atoms with Crippen molar-refractivity contribution >= 4 is 50.1 Å². The van der Waals surface area contributed by atoms with Gasteiger partial charge in [-0.15, -0.1) is 0 Å². The Morgan fingerprint density at radius 2 is 1.90 bits per heavy atom. The van der Waals surface area contributed by atoms with E-state index >= 15 is 0 Å². The number of carbonyl (C=O) groups is 1. The van der Waals surface area contributed by atoms with Crippen LogP contribution in [0.5, 0.6) is 0 Å². The second kappa shape index (κ2) is 9.09. The fourth-order valence-electron chi connectivity index (χ4n) is 3.04. The molecule has 0 radical (unpaired) electrons. The highest BCUT2D eigenvalue weighted by atomic mass is 32.1. The number of hydrogen-bond acceptors (Lipinski definition) is 8. The first kappa shape index (κ1) is 20.7. The molecule has 0 spiro atoms. The Labute approximate surface area is 184 Å². The quantitative estimate of drug-likeness (QED) is 0.410. The molecular formula is C23H23N5O2S. The maximum atomic E-state index is 11.6. The van der Waals surface area contributed by atoms with Crippen molar-refractivity contribution in [2.24, 2.45) is 0 Å². The topological polar surface area (TPSA) is 80.2 Å². The summed E-state index contributed by atoms with van der Waals surface area (Å²) in [4.78, 5) is 28.2. The van der Waals surface area contributed by atoms with Crippen molar-refractivity contribution in [1.29, 1.82) is 0 Å². The van der Waals surface area contributed by atoms with Crippen LogP contribution in [0.25, 0.3) is 10.3 Å². The molecule has 158 valence electrons. The summed E-state index contributed by atoms with van der Waals surface area (Å²) in [7, 11) is 2.00. The van der Waals surface area contributed by atoms with Gasteiger partial charge >= 0.3 is 5.97 Å². The van der Waals surface area contributed by atoms with Gasteiger partial charge < -0.3 is 15.0 Å². The van der Waals surface area contributed by atoms with Crippen LogP contribution in [0.4, 0.5) is 22.5 Å². The highest BCUT2D eigenvalue weighted by Gasteiger charge is 2.11. The number of pyridine rings is 2.